The number of hydrogen-bond acceptors (Lipinski definition) is 3. The zero-order chi connectivity index (χ0) is 14.8. The molecule has 1 aromatic heterocycles. The highest BCUT2D eigenvalue weighted by Crippen LogP contribution is 2.22. The van der Waals surface area contributed by atoms with Crippen LogP contribution in [0.3, 0.4) is 0 Å². The van der Waals surface area contributed by atoms with E-state index >= 15 is 0 Å². The van der Waals surface area contributed by atoms with Gasteiger partial charge in [0.25, 0.3) is 5.91 Å². The largest absolute Gasteiger partial charge is 0.451 e. The third-order valence-electron chi connectivity index (χ3n) is 3.32. The first-order valence-corrected chi connectivity index (χ1v) is 6.46. The van der Waals surface area contributed by atoms with Crippen molar-refractivity contribution in [1.29, 1.82) is 5.26 Å². The van der Waals surface area contributed by atoms with E-state index in [1.54, 1.807) is 37.4 Å². The van der Waals surface area contributed by atoms with Gasteiger partial charge < -0.3 is 9.32 Å². The zero-order valence-corrected chi connectivity index (χ0v) is 11.4. The van der Waals surface area contributed by atoms with Crippen molar-refractivity contribution in [3.8, 4) is 6.07 Å². The molecule has 4 heteroatoms. The van der Waals surface area contributed by atoms with Gasteiger partial charge in [-0.1, -0.05) is 18.2 Å². The number of anilines is 1. The highest BCUT2D eigenvalue weighted by atomic mass is 16.3. The van der Waals surface area contributed by atoms with Crippen LogP contribution in [0.15, 0.2) is 59.0 Å². The molecule has 0 saturated carbocycles. The van der Waals surface area contributed by atoms with Gasteiger partial charge in [0, 0.05) is 18.1 Å². The molecule has 2 aromatic carbocycles. The van der Waals surface area contributed by atoms with Gasteiger partial charge in [-0.15, -0.1) is 0 Å². The van der Waals surface area contributed by atoms with E-state index < -0.39 is 0 Å². The summed E-state index contributed by atoms with van der Waals surface area (Å²) < 4.78 is 5.57. The molecule has 4 nitrogen and oxygen atoms in total. The quantitative estimate of drug-likeness (QED) is 0.718. The van der Waals surface area contributed by atoms with Gasteiger partial charge in [-0.2, -0.15) is 5.26 Å². The predicted molar refractivity (Wildman–Crippen MR) is 80.1 cm³/mol. The zero-order valence-electron chi connectivity index (χ0n) is 11.4. The first kappa shape index (κ1) is 12.9. The molecule has 1 amide bonds. The number of carbonyl (C=O) groups excluding carboxylic acids is 1. The van der Waals surface area contributed by atoms with Gasteiger partial charge in [-0.3, -0.25) is 4.79 Å². The van der Waals surface area contributed by atoms with Crippen LogP contribution in [0.2, 0.25) is 0 Å². The Labute approximate surface area is 121 Å². The molecule has 3 rings (SSSR count). The average molecular weight is 276 g/mol. The maximum Gasteiger partial charge on any atom is 0.293 e. The van der Waals surface area contributed by atoms with Crippen molar-refractivity contribution < 1.29 is 9.21 Å². The van der Waals surface area contributed by atoms with Crippen LogP contribution in [-0.4, -0.2) is 13.0 Å². The molecule has 3 aromatic rings. The lowest BCUT2D eigenvalue weighted by atomic mass is 10.2. The van der Waals surface area contributed by atoms with Crippen molar-refractivity contribution in [2.45, 2.75) is 0 Å². The summed E-state index contributed by atoms with van der Waals surface area (Å²) in [6.07, 6.45) is 0. The van der Waals surface area contributed by atoms with Gasteiger partial charge >= 0.3 is 0 Å². The van der Waals surface area contributed by atoms with E-state index in [2.05, 4.69) is 0 Å². The van der Waals surface area contributed by atoms with Crippen LogP contribution in [0.5, 0.6) is 0 Å². The number of furan rings is 1. The van der Waals surface area contributed by atoms with Crippen molar-refractivity contribution in [2.75, 3.05) is 11.9 Å². The van der Waals surface area contributed by atoms with E-state index in [1.807, 2.05) is 30.3 Å². The highest BCUT2D eigenvalue weighted by Gasteiger charge is 2.17. The summed E-state index contributed by atoms with van der Waals surface area (Å²) in [5.41, 5.74) is 1.96. The molecular weight excluding hydrogens is 264 g/mol. The van der Waals surface area contributed by atoms with Gasteiger partial charge in [-0.25, -0.2) is 0 Å². The third-order valence-corrected chi connectivity index (χ3v) is 3.32. The summed E-state index contributed by atoms with van der Waals surface area (Å²) in [4.78, 5) is 13.9. The van der Waals surface area contributed by atoms with E-state index in [1.165, 1.54) is 4.90 Å². The summed E-state index contributed by atoms with van der Waals surface area (Å²) in [6.45, 7) is 0. The number of nitriles is 1. The smallest absolute Gasteiger partial charge is 0.293 e. The lowest BCUT2D eigenvalue weighted by molar-refractivity contribution is 0.0968. The molecule has 0 bridgehead atoms. The second-order valence-electron chi connectivity index (χ2n) is 4.67. The van der Waals surface area contributed by atoms with Gasteiger partial charge in [-0.05, 0) is 36.4 Å². The molecular formula is C17H12N2O2. The van der Waals surface area contributed by atoms with Crippen molar-refractivity contribution in [3.05, 3.63) is 65.9 Å². The first-order chi connectivity index (χ1) is 10.2. The van der Waals surface area contributed by atoms with Crippen LogP contribution >= 0.6 is 0 Å². The summed E-state index contributed by atoms with van der Waals surface area (Å²) in [5.74, 6) is 0.0685. The molecule has 21 heavy (non-hydrogen) atoms. The topological polar surface area (TPSA) is 57.2 Å². The fraction of sp³-hybridized carbons (Fsp3) is 0.0588. The normalized spacial score (nSPS) is 10.3. The highest BCUT2D eigenvalue weighted by molar-refractivity contribution is 6.05. The van der Waals surface area contributed by atoms with Crippen LogP contribution in [0.25, 0.3) is 11.0 Å². The Morgan fingerprint density at radius 2 is 1.86 bits per heavy atom. The second kappa shape index (κ2) is 5.14. The Morgan fingerprint density at radius 3 is 2.52 bits per heavy atom. The van der Waals surface area contributed by atoms with Crippen LogP contribution in [0, 0.1) is 11.3 Å². The van der Waals surface area contributed by atoms with Gasteiger partial charge in [0.2, 0.25) is 0 Å². The fourth-order valence-electron chi connectivity index (χ4n) is 2.13. The number of nitrogens with zero attached hydrogens (tertiary/aromatic N) is 2. The van der Waals surface area contributed by atoms with Crippen LogP contribution < -0.4 is 4.90 Å². The lowest BCUT2D eigenvalue weighted by Gasteiger charge is -2.15. The minimum Gasteiger partial charge on any atom is -0.451 e. The summed E-state index contributed by atoms with van der Waals surface area (Å²) >= 11 is 0. The Hall–Kier alpha value is -3.06. The standard InChI is InChI=1S/C17H12N2O2/c1-19(14-8-6-12(11-18)7-9-14)17(20)16-10-13-4-2-3-5-15(13)21-16/h2-10H,1H3. The van der Waals surface area contributed by atoms with Crippen molar-refractivity contribution in [2.24, 2.45) is 0 Å². The van der Waals surface area contributed by atoms with Crippen LogP contribution in [-0.2, 0) is 0 Å². The maximum atomic E-state index is 12.4. The molecule has 0 saturated heterocycles. The number of carbonyl (C=O) groups is 1. The van der Waals surface area contributed by atoms with Gasteiger partial charge in [0.05, 0.1) is 11.6 Å². The van der Waals surface area contributed by atoms with Crippen LogP contribution in [0.4, 0.5) is 5.69 Å². The van der Waals surface area contributed by atoms with Crippen molar-refractivity contribution in [3.63, 3.8) is 0 Å². The Kier molecular flexibility index (Phi) is 3.17. The van der Waals surface area contributed by atoms with Gasteiger partial charge in [0.1, 0.15) is 5.58 Å². The number of hydrogen-bond donors (Lipinski definition) is 0. The molecule has 102 valence electrons. The Balaban J connectivity index is 1.91. The van der Waals surface area contributed by atoms with E-state index in [0.29, 0.717) is 22.6 Å². The molecule has 0 unspecified atom stereocenters. The number of rotatable bonds is 2. The maximum absolute atomic E-state index is 12.4. The summed E-state index contributed by atoms with van der Waals surface area (Å²) in [6, 6.07) is 18.1. The average Bonchev–Trinajstić information content (AvgIpc) is 2.97. The van der Waals surface area contributed by atoms with E-state index in [-0.39, 0.29) is 5.91 Å². The summed E-state index contributed by atoms with van der Waals surface area (Å²) in [5, 5.41) is 9.69. The fourth-order valence-corrected chi connectivity index (χ4v) is 2.13. The molecule has 1 heterocycles. The molecule has 0 radical (unpaired) electrons. The number of amides is 1. The molecule has 0 spiro atoms. The van der Waals surface area contributed by atoms with Crippen LogP contribution in [0.1, 0.15) is 16.1 Å². The lowest BCUT2D eigenvalue weighted by Crippen LogP contribution is -2.25. The first-order valence-electron chi connectivity index (χ1n) is 6.46. The predicted octanol–water partition coefficient (Wildman–Crippen LogP) is 3.58. The number of benzene rings is 2. The Morgan fingerprint density at radius 1 is 1.14 bits per heavy atom. The molecule has 0 fully saturated rings. The van der Waals surface area contributed by atoms with Crippen molar-refractivity contribution in [1.82, 2.24) is 0 Å². The minimum absolute atomic E-state index is 0.226. The monoisotopic (exact) mass is 276 g/mol. The molecule has 0 atom stereocenters. The van der Waals surface area contributed by atoms with E-state index in [0.717, 1.165) is 5.39 Å². The SMILES string of the molecule is CN(C(=O)c1cc2ccccc2o1)c1ccc(C#N)cc1. The number of para-hydroxylation sites is 1. The summed E-state index contributed by atoms with van der Waals surface area (Å²) in [7, 11) is 1.68. The molecule has 0 aliphatic carbocycles. The van der Waals surface area contributed by atoms with E-state index in [9.17, 15) is 4.79 Å². The molecule has 0 N–H and O–H groups in total. The second-order valence-corrected chi connectivity index (χ2v) is 4.67. The molecule has 0 aliphatic rings. The molecule has 0 aliphatic heterocycles. The van der Waals surface area contributed by atoms with Crippen molar-refractivity contribution >= 4 is 22.6 Å². The third kappa shape index (κ3) is 2.37. The number of fused-ring (bicyclic) bond motifs is 1. The Bertz CT molecular complexity index is 808. The van der Waals surface area contributed by atoms with Gasteiger partial charge in [0.15, 0.2) is 5.76 Å². The van der Waals surface area contributed by atoms with E-state index in [4.69, 9.17) is 9.68 Å². The minimum atomic E-state index is -0.226.